The summed E-state index contributed by atoms with van der Waals surface area (Å²) in [5.41, 5.74) is -1.78. The molecule has 0 saturated carbocycles. The topological polar surface area (TPSA) is 154 Å². The molecule has 3 atom stereocenters. The second kappa shape index (κ2) is 9.71. The summed E-state index contributed by atoms with van der Waals surface area (Å²) in [6.07, 6.45) is 0.260. The lowest BCUT2D eigenvalue weighted by molar-refractivity contribution is -0.133. The number of carbonyl (C=O) groups is 5. The Morgan fingerprint density at radius 2 is 1.83 bits per heavy atom. The monoisotopic (exact) mass is 412 g/mol. The van der Waals surface area contributed by atoms with E-state index in [1.165, 1.54) is 13.8 Å². The highest BCUT2D eigenvalue weighted by atomic mass is 16.4. The minimum absolute atomic E-state index is 0.146. The van der Waals surface area contributed by atoms with Crippen molar-refractivity contribution in [3.63, 3.8) is 0 Å². The minimum Gasteiger partial charge on any atom is -0.465 e. The van der Waals surface area contributed by atoms with Gasteiger partial charge < -0.3 is 31.2 Å². The van der Waals surface area contributed by atoms with E-state index in [2.05, 4.69) is 21.3 Å². The predicted octanol–water partition coefficient (Wildman–Crippen LogP) is 0.164. The van der Waals surface area contributed by atoms with Gasteiger partial charge in [-0.2, -0.15) is 0 Å². The molecule has 1 aliphatic rings. The molecule has 1 fully saturated rings. The van der Waals surface area contributed by atoms with Crippen LogP contribution in [0.2, 0.25) is 0 Å². The Bertz CT molecular complexity index is 656. The molecule has 0 spiro atoms. The van der Waals surface area contributed by atoms with Gasteiger partial charge in [-0.15, -0.1) is 0 Å². The Morgan fingerprint density at radius 3 is 2.28 bits per heavy atom. The average Bonchev–Trinajstić information content (AvgIpc) is 2.95. The summed E-state index contributed by atoms with van der Waals surface area (Å²) in [4.78, 5) is 59.4. The van der Waals surface area contributed by atoms with E-state index in [0.29, 0.717) is 19.3 Å². The molecule has 10 nitrogen and oxygen atoms in total. The normalized spacial score (nSPS) is 18.9. The van der Waals surface area contributed by atoms with Crippen molar-refractivity contribution in [2.45, 2.75) is 71.5 Å². The van der Waals surface area contributed by atoms with Gasteiger partial charge in [0.2, 0.25) is 17.7 Å². The number of amides is 4. The first-order valence-corrected chi connectivity index (χ1v) is 9.60. The summed E-state index contributed by atoms with van der Waals surface area (Å²) in [5.74, 6) is -1.72. The summed E-state index contributed by atoms with van der Waals surface area (Å²) < 4.78 is 0. The van der Waals surface area contributed by atoms with Crippen LogP contribution in [0.25, 0.3) is 0 Å². The number of aldehydes is 1. The van der Waals surface area contributed by atoms with Gasteiger partial charge in [0.1, 0.15) is 17.9 Å². The van der Waals surface area contributed by atoms with Gasteiger partial charge in [-0.3, -0.25) is 14.4 Å². The first-order chi connectivity index (χ1) is 13.2. The number of nitrogens with one attached hydrogen (secondary N) is 4. The summed E-state index contributed by atoms with van der Waals surface area (Å²) in [5, 5.41) is 18.9. The van der Waals surface area contributed by atoms with Crippen molar-refractivity contribution in [2.24, 2.45) is 11.3 Å². The molecule has 4 amide bonds. The fourth-order valence-electron chi connectivity index (χ4n) is 3.09. The van der Waals surface area contributed by atoms with E-state index in [1.54, 1.807) is 0 Å². The Hall–Kier alpha value is -2.65. The van der Waals surface area contributed by atoms with Crippen molar-refractivity contribution in [1.29, 1.82) is 0 Å². The third-order valence-corrected chi connectivity index (χ3v) is 4.62. The number of hydrogen-bond donors (Lipinski definition) is 5. The van der Waals surface area contributed by atoms with Gasteiger partial charge in [-0.1, -0.05) is 20.8 Å². The molecule has 0 radical (unpaired) electrons. The van der Waals surface area contributed by atoms with Gasteiger partial charge >= 0.3 is 6.09 Å². The van der Waals surface area contributed by atoms with Gasteiger partial charge in [0.15, 0.2) is 0 Å². The number of carbonyl (C=O) groups excluding carboxylic acids is 4. The molecule has 0 aromatic carbocycles. The molecule has 1 aliphatic heterocycles. The molecular weight excluding hydrogens is 380 g/mol. The van der Waals surface area contributed by atoms with E-state index in [1.807, 2.05) is 20.8 Å². The first kappa shape index (κ1) is 24.4. The molecule has 2 unspecified atom stereocenters. The van der Waals surface area contributed by atoms with Crippen LogP contribution >= 0.6 is 0 Å². The molecule has 1 saturated heterocycles. The summed E-state index contributed by atoms with van der Waals surface area (Å²) in [6, 6.07) is -1.84. The predicted molar refractivity (Wildman–Crippen MR) is 105 cm³/mol. The van der Waals surface area contributed by atoms with Gasteiger partial charge in [0, 0.05) is 12.5 Å². The van der Waals surface area contributed by atoms with E-state index in [0.717, 1.165) is 0 Å². The second-order valence-electron chi connectivity index (χ2n) is 9.11. The van der Waals surface area contributed by atoms with Crippen LogP contribution in [0.5, 0.6) is 0 Å². The molecule has 5 N–H and O–H groups in total. The zero-order valence-corrected chi connectivity index (χ0v) is 17.6. The molecule has 1 rings (SSSR count). The van der Waals surface area contributed by atoms with Crippen LogP contribution in [-0.4, -0.2) is 59.4 Å². The number of hydrogen-bond acceptors (Lipinski definition) is 5. The molecule has 0 aliphatic carbocycles. The average molecular weight is 412 g/mol. The van der Waals surface area contributed by atoms with Crippen molar-refractivity contribution in [2.75, 3.05) is 6.54 Å². The lowest BCUT2D eigenvalue weighted by atomic mass is 9.87. The molecule has 164 valence electrons. The maximum absolute atomic E-state index is 12.8. The molecule has 1 heterocycles. The van der Waals surface area contributed by atoms with Crippen molar-refractivity contribution >= 4 is 30.1 Å². The summed E-state index contributed by atoms with van der Waals surface area (Å²) in [7, 11) is 0. The quantitative estimate of drug-likeness (QED) is 0.340. The number of rotatable bonds is 9. The van der Waals surface area contributed by atoms with Crippen LogP contribution in [0.1, 0.15) is 53.9 Å². The molecule has 0 aromatic heterocycles. The maximum atomic E-state index is 12.8. The molecule has 0 aromatic rings. The van der Waals surface area contributed by atoms with Crippen LogP contribution in [0.4, 0.5) is 4.79 Å². The van der Waals surface area contributed by atoms with Crippen molar-refractivity contribution in [1.82, 2.24) is 21.3 Å². The molecule has 10 heteroatoms. The fourth-order valence-corrected chi connectivity index (χ4v) is 3.09. The highest BCUT2D eigenvalue weighted by Gasteiger charge is 2.35. The van der Waals surface area contributed by atoms with E-state index >= 15 is 0 Å². The van der Waals surface area contributed by atoms with Gasteiger partial charge in [0.25, 0.3) is 0 Å². The van der Waals surface area contributed by atoms with E-state index in [4.69, 9.17) is 5.11 Å². The Labute approximate surface area is 170 Å². The van der Waals surface area contributed by atoms with E-state index in [9.17, 15) is 24.0 Å². The second-order valence-corrected chi connectivity index (χ2v) is 9.11. The minimum atomic E-state index is -1.45. The Morgan fingerprint density at radius 1 is 1.21 bits per heavy atom. The number of carboxylic acid groups (broad SMARTS) is 1. The highest BCUT2D eigenvalue weighted by Crippen LogP contribution is 2.22. The van der Waals surface area contributed by atoms with Crippen molar-refractivity contribution < 1.29 is 29.1 Å². The molecule has 0 bridgehead atoms. The Balaban J connectivity index is 2.87. The van der Waals surface area contributed by atoms with Gasteiger partial charge in [-0.25, -0.2) is 4.79 Å². The summed E-state index contributed by atoms with van der Waals surface area (Å²) in [6.45, 7) is 8.97. The maximum Gasteiger partial charge on any atom is 0.405 e. The van der Waals surface area contributed by atoms with Crippen LogP contribution in [0.15, 0.2) is 0 Å². The highest BCUT2D eigenvalue weighted by molar-refractivity contribution is 5.94. The standard InChI is InChI=1S/C19H32N4O6/c1-18(2,3)9-13(22-16(27)19(4,5)23-17(28)29)15(26)21-12(10-24)8-11-6-7-20-14(11)25/h10-13,23H,6-9H2,1-5H3,(H,20,25)(H,21,26)(H,22,27)(H,28,29)/t11-,12?,13?/m0/s1. The largest absolute Gasteiger partial charge is 0.465 e. The zero-order chi connectivity index (χ0) is 22.4. The fraction of sp³-hybridized carbons (Fsp3) is 0.737. The van der Waals surface area contributed by atoms with Crippen molar-refractivity contribution in [3.8, 4) is 0 Å². The Kier molecular flexibility index (Phi) is 8.16. The molecular formula is C19H32N4O6. The van der Waals surface area contributed by atoms with Crippen LogP contribution in [0, 0.1) is 11.3 Å². The lowest BCUT2D eigenvalue weighted by Crippen LogP contribution is -2.60. The van der Waals surface area contributed by atoms with E-state index in [-0.39, 0.29) is 30.1 Å². The first-order valence-electron chi connectivity index (χ1n) is 9.60. The molecule has 29 heavy (non-hydrogen) atoms. The van der Waals surface area contributed by atoms with Gasteiger partial charge in [0.05, 0.1) is 6.04 Å². The van der Waals surface area contributed by atoms with Crippen LogP contribution in [-0.2, 0) is 19.2 Å². The third kappa shape index (κ3) is 8.08. The van der Waals surface area contributed by atoms with Crippen LogP contribution < -0.4 is 21.3 Å². The zero-order valence-electron chi connectivity index (χ0n) is 17.6. The van der Waals surface area contributed by atoms with E-state index < -0.39 is 35.5 Å². The van der Waals surface area contributed by atoms with Gasteiger partial charge in [-0.05, 0) is 38.5 Å². The summed E-state index contributed by atoms with van der Waals surface area (Å²) >= 11 is 0. The lowest BCUT2D eigenvalue weighted by Gasteiger charge is -2.31. The smallest absolute Gasteiger partial charge is 0.405 e. The van der Waals surface area contributed by atoms with Crippen LogP contribution in [0.3, 0.4) is 0 Å². The SMILES string of the molecule is CC(C)(C)CC(NC(=O)C(C)(C)NC(=O)O)C(=O)NC(C=O)C[C@@H]1CCNC1=O. The third-order valence-electron chi connectivity index (χ3n) is 4.62. The van der Waals surface area contributed by atoms with Crippen molar-refractivity contribution in [3.05, 3.63) is 0 Å².